The van der Waals surface area contributed by atoms with Crippen molar-refractivity contribution >= 4 is 29.2 Å². The van der Waals surface area contributed by atoms with Gasteiger partial charge in [-0.3, -0.25) is 4.79 Å². The molecule has 22 heavy (non-hydrogen) atoms. The molecule has 0 aromatic heterocycles. The number of halogens is 2. The molecule has 2 rings (SSSR count). The normalized spacial score (nSPS) is 15.5. The zero-order valence-corrected chi connectivity index (χ0v) is 13.6. The molecular formula is C15H18ClFN2O3. The van der Waals surface area contributed by atoms with Crippen molar-refractivity contribution in [3.8, 4) is 5.75 Å². The zero-order chi connectivity index (χ0) is 16.6. The van der Waals surface area contributed by atoms with E-state index in [1.54, 1.807) is 27.7 Å². The fourth-order valence-corrected chi connectivity index (χ4v) is 2.39. The maximum atomic E-state index is 14.2. The summed E-state index contributed by atoms with van der Waals surface area (Å²) in [5.74, 6) is -0.986. The molecule has 1 aliphatic heterocycles. The molecule has 0 aliphatic carbocycles. The summed E-state index contributed by atoms with van der Waals surface area (Å²) >= 11 is 5.94. The Morgan fingerprint density at radius 2 is 1.86 bits per heavy atom. The highest BCUT2D eigenvalue weighted by Crippen LogP contribution is 2.35. The van der Waals surface area contributed by atoms with E-state index in [0.717, 1.165) is 11.0 Å². The number of hydrogen-bond donors (Lipinski definition) is 0. The second-order valence-corrected chi connectivity index (χ2v) is 6.04. The second kappa shape index (κ2) is 6.12. The molecule has 0 bridgehead atoms. The first-order valence-electron chi connectivity index (χ1n) is 7.01. The number of imide groups is 1. The number of ether oxygens (including phenoxy) is 1. The molecular weight excluding hydrogens is 311 g/mol. The van der Waals surface area contributed by atoms with Crippen LogP contribution in [-0.4, -0.2) is 35.5 Å². The van der Waals surface area contributed by atoms with Crippen LogP contribution < -0.4 is 9.64 Å². The van der Waals surface area contributed by atoms with Crippen LogP contribution in [0.2, 0.25) is 5.02 Å². The first-order chi connectivity index (χ1) is 10.2. The molecule has 0 spiro atoms. The van der Waals surface area contributed by atoms with E-state index in [1.165, 1.54) is 11.0 Å². The number of anilines is 1. The maximum Gasteiger partial charge on any atom is 0.332 e. The van der Waals surface area contributed by atoms with Crippen LogP contribution in [0.1, 0.15) is 27.7 Å². The van der Waals surface area contributed by atoms with Gasteiger partial charge in [-0.15, -0.1) is 0 Å². The Kier molecular flexibility index (Phi) is 4.60. The van der Waals surface area contributed by atoms with Gasteiger partial charge in [0.05, 0.1) is 16.8 Å². The zero-order valence-electron chi connectivity index (χ0n) is 12.9. The minimum absolute atomic E-state index is 0.0705. The van der Waals surface area contributed by atoms with Crippen LogP contribution in [0.5, 0.6) is 5.75 Å². The van der Waals surface area contributed by atoms with E-state index in [9.17, 15) is 14.0 Å². The number of urea groups is 1. The van der Waals surface area contributed by atoms with Gasteiger partial charge in [0, 0.05) is 12.1 Å². The van der Waals surface area contributed by atoms with Gasteiger partial charge < -0.3 is 9.64 Å². The first kappa shape index (κ1) is 16.5. The van der Waals surface area contributed by atoms with Crippen LogP contribution in [-0.2, 0) is 4.79 Å². The second-order valence-electron chi connectivity index (χ2n) is 5.63. The molecule has 1 aromatic carbocycles. The summed E-state index contributed by atoms with van der Waals surface area (Å²) < 4.78 is 19.7. The Labute approximate surface area is 133 Å². The van der Waals surface area contributed by atoms with Gasteiger partial charge in [0.2, 0.25) is 0 Å². The highest BCUT2D eigenvalue weighted by atomic mass is 35.5. The van der Waals surface area contributed by atoms with Crippen LogP contribution in [0.3, 0.4) is 0 Å². The molecule has 0 N–H and O–H groups in total. The fraction of sp³-hybridized carbons (Fsp3) is 0.467. The summed E-state index contributed by atoms with van der Waals surface area (Å²) in [5.41, 5.74) is -0.141. The molecule has 1 heterocycles. The molecule has 0 unspecified atom stereocenters. The highest BCUT2D eigenvalue weighted by molar-refractivity contribution is 6.32. The Morgan fingerprint density at radius 1 is 1.23 bits per heavy atom. The lowest BCUT2D eigenvalue weighted by atomic mass is 10.2. The number of carbonyl (C=O) groups is 2. The molecule has 0 saturated carbocycles. The number of benzene rings is 1. The maximum absolute atomic E-state index is 14.2. The van der Waals surface area contributed by atoms with E-state index < -0.39 is 17.8 Å². The molecule has 1 fully saturated rings. The van der Waals surface area contributed by atoms with E-state index in [2.05, 4.69) is 0 Å². The molecule has 1 aromatic rings. The topological polar surface area (TPSA) is 49.9 Å². The summed E-state index contributed by atoms with van der Waals surface area (Å²) in [6, 6.07) is 1.64. The third-order valence-corrected chi connectivity index (χ3v) is 3.52. The Bertz CT molecular complexity index is 619. The van der Waals surface area contributed by atoms with Gasteiger partial charge in [0.15, 0.2) is 0 Å². The van der Waals surface area contributed by atoms with Crippen molar-refractivity contribution in [2.45, 2.75) is 39.8 Å². The van der Waals surface area contributed by atoms with Gasteiger partial charge >= 0.3 is 6.03 Å². The molecule has 120 valence electrons. The van der Waals surface area contributed by atoms with Crippen LogP contribution in [0.15, 0.2) is 12.1 Å². The molecule has 0 radical (unpaired) electrons. The van der Waals surface area contributed by atoms with Gasteiger partial charge in [-0.05, 0) is 33.8 Å². The molecule has 1 aliphatic rings. The number of rotatable bonds is 4. The summed E-state index contributed by atoms with van der Waals surface area (Å²) in [6.07, 6.45) is -0.173. The number of hydrogen-bond acceptors (Lipinski definition) is 3. The lowest BCUT2D eigenvalue weighted by molar-refractivity contribution is -0.116. The Balaban J connectivity index is 2.44. The lowest BCUT2D eigenvalue weighted by Crippen LogP contribution is -2.37. The quantitative estimate of drug-likeness (QED) is 0.795. The van der Waals surface area contributed by atoms with Crippen LogP contribution in [0.4, 0.5) is 14.9 Å². The average molecular weight is 329 g/mol. The summed E-state index contributed by atoms with van der Waals surface area (Å²) in [5, 5.41) is 0.0924. The summed E-state index contributed by atoms with van der Waals surface area (Å²) in [7, 11) is 0. The molecule has 5 nitrogen and oxygen atoms in total. The monoisotopic (exact) mass is 328 g/mol. The van der Waals surface area contributed by atoms with Gasteiger partial charge in [0.1, 0.15) is 18.1 Å². The minimum atomic E-state index is -0.742. The smallest absolute Gasteiger partial charge is 0.332 e. The Hall–Kier alpha value is -1.82. The van der Waals surface area contributed by atoms with Crippen molar-refractivity contribution in [1.82, 2.24) is 4.90 Å². The van der Waals surface area contributed by atoms with Gasteiger partial charge in [0.25, 0.3) is 5.91 Å². The standard InChI is InChI=1S/C15H18ClFN2O3/c1-8(2)18-7-14(20)19(15(18)21)12-6-13(22-9(3)4)10(16)5-11(12)17/h5-6,8-9H,7H2,1-4H3. The summed E-state index contributed by atoms with van der Waals surface area (Å²) in [4.78, 5) is 26.6. The van der Waals surface area contributed by atoms with Crippen molar-refractivity contribution in [2.24, 2.45) is 0 Å². The molecule has 1 saturated heterocycles. The van der Waals surface area contributed by atoms with Crippen LogP contribution in [0, 0.1) is 5.82 Å². The van der Waals surface area contributed by atoms with E-state index >= 15 is 0 Å². The largest absolute Gasteiger partial charge is 0.489 e. The first-order valence-corrected chi connectivity index (χ1v) is 7.39. The van der Waals surface area contributed by atoms with E-state index in [0.29, 0.717) is 0 Å². The third-order valence-electron chi connectivity index (χ3n) is 3.22. The molecule has 0 atom stereocenters. The number of amides is 3. The van der Waals surface area contributed by atoms with Gasteiger partial charge in [-0.25, -0.2) is 14.1 Å². The average Bonchev–Trinajstić information content (AvgIpc) is 2.68. The predicted molar refractivity (Wildman–Crippen MR) is 81.9 cm³/mol. The van der Waals surface area contributed by atoms with Crippen molar-refractivity contribution in [1.29, 1.82) is 0 Å². The van der Waals surface area contributed by atoms with Crippen molar-refractivity contribution in [2.75, 3.05) is 11.4 Å². The molecule has 7 heteroatoms. The van der Waals surface area contributed by atoms with Crippen molar-refractivity contribution in [3.05, 3.63) is 23.0 Å². The fourth-order valence-electron chi connectivity index (χ4n) is 2.19. The van der Waals surface area contributed by atoms with E-state index in [1.807, 2.05) is 0 Å². The predicted octanol–water partition coefficient (Wildman–Crippen LogP) is 3.44. The third kappa shape index (κ3) is 3.02. The van der Waals surface area contributed by atoms with Crippen molar-refractivity contribution < 1.29 is 18.7 Å². The minimum Gasteiger partial charge on any atom is -0.489 e. The van der Waals surface area contributed by atoms with Gasteiger partial charge in [-0.2, -0.15) is 0 Å². The SMILES string of the molecule is CC(C)Oc1cc(N2C(=O)CN(C(C)C)C2=O)c(F)cc1Cl. The van der Waals surface area contributed by atoms with Gasteiger partial charge in [-0.1, -0.05) is 11.6 Å². The number of carbonyl (C=O) groups excluding carboxylic acids is 2. The molecule has 3 amide bonds. The number of nitrogens with zero attached hydrogens (tertiary/aromatic N) is 2. The Morgan fingerprint density at radius 3 is 2.36 bits per heavy atom. The summed E-state index contributed by atoms with van der Waals surface area (Å²) in [6.45, 7) is 7.11. The van der Waals surface area contributed by atoms with E-state index in [4.69, 9.17) is 16.3 Å². The van der Waals surface area contributed by atoms with Crippen LogP contribution >= 0.6 is 11.6 Å². The van der Waals surface area contributed by atoms with Crippen LogP contribution in [0.25, 0.3) is 0 Å². The van der Waals surface area contributed by atoms with Crippen molar-refractivity contribution in [3.63, 3.8) is 0 Å². The highest BCUT2D eigenvalue weighted by Gasteiger charge is 2.40. The van der Waals surface area contributed by atoms with E-state index in [-0.39, 0.29) is 35.2 Å². The lowest BCUT2D eigenvalue weighted by Gasteiger charge is -2.21.